The number of alkyl halides is 3. The van der Waals surface area contributed by atoms with Crippen LogP contribution in [0.4, 0.5) is 24.0 Å². The summed E-state index contributed by atoms with van der Waals surface area (Å²) in [7, 11) is 0. The van der Waals surface area contributed by atoms with E-state index in [2.05, 4.69) is 21.4 Å². The molecule has 5 nitrogen and oxygen atoms in total. The van der Waals surface area contributed by atoms with E-state index in [-0.39, 0.29) is 11.9 Å². The van der Waals surface area contributed by atoms with Crippen molar-refractivity contribution in [1.29, 1.82) is 0 Å². The maximum absolute atomic E-state index is 12.7. The van der Waals surface area contributed by atoms with E-state index >= 15 is 0 Å². The van der Waals surface area contributed by atoms with Gasteiger partial charge in [0.2, 0.25) is 5.91 Å². The van der Waals surface area contributed by atoms with Gasteiger partial charge in [-0.3, -0.25) is 4.79 Å². The monoisotopic (exact) mass is 433 g/mol. The van der Waals surface area contributed by atoms with E-state index in [1.54, 1.807) is 6.20 Å². The first kappa shape index (κ1) is 20.4. The smallest absolute Gasteiger partial charge is 0.356 e. The van der Waals surface area contributed by atoms with Crippen molar-refractivity contribution in [1.82, 2.24) is 4.98 Å². The molecule has 0 unspecified atom stereocenters. The number of fused-ring (bicyclic) bond motifs is 1. The summed E-state index contributed by atoms with van der Waals surface area (Å²) in [6, 6.07) is 11.0. The molecule has 30 heavy (non-hydrogen) atoms. The minimum Gasteiger partial charge on any atom is -0.356 e. The van der Waals surface area contributed by atoms with Gasteiger partial charge in [-0.25, -0.2) is 4.98 Å². The summed E-state index contributed by atoms with van der Waals surface area (Å²) < 4.78 is 38.0. The molecule has 0 saturated heterocycles. The molecule has 1 amide bonds. The van der Waals surface area contributed by atoms with Crippen LogP contribution in [0.3, 0.4) is 0 Å². The Morgan fingerprint density at radius 2 is 1.97 bits per heavy atom. The van der Waals surface area contributed by atoms with E-state index in [9.17, 15) is 18.0 Å². The highest BCUT2D eigenvalue weighted by Crippen LogP contribution is 2.33. The van der Waals surface area contributed by atoms with Gasteiger partial charge in [-0.2, -0.15) is 13.2 Å². The van der Waals surface area contributed by atoms with Crippen LogP contribution < -0.4 is 16.4 Å². The molecule has 0 saturated carbocycles. The zero-order valence-corrected chi connectivity index (χ0v) is 16.7. The highest BCUT2D eigenvalue weighted by molar-refractivity contribution is 7.18. The van der Waals surface area contributed by atoms with Crippen molar-refractivity contribution in [2.75, 3.05) is 17.2 Å². The third kappa shape index (κ3) is 4.63. The van der Waals surface area contributed by atoms with Gasteiger partial charge in [-0.05, 0) is 41.0 Å². The molecule has 0 fully saturated rings. The summed E-state index contributed by atoms with van der Waals surface area (Å²) in [6.45, 7) is 0.552. The number of halogens is 3. The van der Waals surface area contributed by atoms with Crippen LogP contribution in [0.15, 0.2) is 48.7 Å². The highest BCUT2D eigenvalue weighted by Gasteiger charge is 2.30. The Kier molecular flexibility index (Phi) is 5.48. The summed E-state index contributed by atoms with van der Waals surface area (Å²) in [6.07, 6.45) is -1.58. The van der Waals surface area contributed by atoms with Crippen LogP contribution in [-0.4, -0.2) is 23.5 Å². The van der Waals surface area contributed by atoms with Gasteiger partial charge in [-0.15, -0.1) is 0 Å². The van der Waals surface area contributed by atoms with Crippen LogP contribution in [0.5, 0.6) is 0 Å². The topological polar surface area (TPSA) is 81.7 Å². The molecule has 2 heterocycles. The number of hydrogen-bond acceptors (Lipinski definition) is 4. The van der Waals surface area contributed by atoms with Crippen LogP contribution in [0.2, 0.25) is 0 Å². The number of hydrogen-bond donors (Lipinski definition) is 3. The van der Waals surface area contributed by atoms with Crippen LogP contribution in [0.1, 0.15) is 16.7 Å². The Bertz CT molecular complexity index is 1060. The van der Waals surface area contributed by atoms with Crippen LogP contribution >= 0.6 is 11.3 Å². The number of quaternary nitrogens is 1. The Morgan fingerprint density at radius 1 is 1.20 bits per heavy atom. The predicted octanol–water partition coefficient (Wildman–Crippen LogP) is 3.59. The fourth-order valence-electron chi connectivity index (χ4n) is 3.34. The Hall–Kier alpha value is -2.91. The minimum atomic E-state index is -4.32. The SMILES string of the molecule is [NH3+][C@H](CNc1ncc(-c2ccc3c(c2)CC(=O)N3)s1)Cc1ccc(C(F)(F)F)cc1. The second-order valence-corrected chi connectivity index (χ2v) is 8.30. The number of amides is 1. The molecular formula is C21H20F3N4OS+. The third-order valence-electron chi connectivity index (χ3n) is 4.87. The summed E-state index contributed by atoms with van der Waals surface area (Å²) in [5, 5.41) is 6.82. The normalized spacial score (nSPS) is 14.3. The molecule has 4 rings (SSSR count). The lowest BCUT2D eigenvalue weighted by Crippen LogP contribution is -2.64. The zero-order valence-electron chi connectivity index (χ0n) is 15.9. The predicted molar refractivity (Wildman–Crippen MR) is 110 cm³/mol. The van der Waals surface area contributed by atoms with E-state index in [0.717, 1.165) is 44.5 Å². The molecule has 3 aromatic rings. The van der Waals surface area contributed by atoms with Gasteiger partial charge in [0, 0.05) is 18.3 Å². The first-order valence-electron chi connectivity index (χ1n) is 9.40. The number of carbonyl (C=O) groups excluding carboxylic acids is 1. The Labute approximate surface area is 175 Å². The van der Waals surface area contributed by atoms with Gasteiger partial charge >= 0.3 is 6.18 Å². The maximum atomic E-state index is 12.7. The molecule has 1 aliphatic rings. The van der Waals surface area contributed by atoms with Crippen LogP contribution in [0, 0.1) is 0 Å². The zero-order chi connectivity index (χ0) is 21.3. The van der Waals surface area contributed by atoms with E-state index < -0.39 is 11.7 Å². The number of anilines is 2. The van der Waals surface area contributed by atoms with E-state index in [1.807, 2.05) is 18.2 Å². The number of nitrogens with zero attached hydrogens (tertiary/aromatic N) is 1. The molecule has 156 valence electrons. The van der Waals surface area contributed by atoms with Gasteiger partial charge in [0.25, 0.3) is 0 Å². The van der Waals surface area contributed by atoms with Crippen molar-refractivity contribution in [3.05, 3.63) is 65.4 Å². The van der Waals surface area contributed by atoms with E-state index in [4.69, 9.17) is 0 Å². The lowest BCUT2D eigenvalue weighted by Gasteiger charge is -2.11. The lowest BCUT2D eigenvalue weighted by atomic mass is 10.0. The standard InChI is InChI=1S/C21H19F3N4OS/c22-21(23,24)15-4-1-12(2-5-15)7-16(25)10-26-20-27-11-18(30-20)13-3-6-17-14(8-13)9-19(29)28-17/h1-6,8,11,16H,7,9-10,25H2,(H,26,27)(H,28,29)/p+1/t16-/m0/s1. The first-order chi connectivity index (χ1) is 14.3. The molecule has 0 bridgehead atoms. The Balaban J connectivity index is 1.33. The fraction of sp³-hybridized carbons (Fsp3) is 0.238. The first-order valence-corrected chi connectivity index (χ1v) is 10.2. The number of thiazole rings is 1. The molecule has 1 aromatic heterocycles. The third-order valence-corrected chi connectivity index (χ3v) is 5.87. The van der Waals surface area contributed by atoms with E-state index in [1.165, 1.54) is 23.5 Å². The molecular weight excluding hydrogens is 413 g/mol. The van der Waals surface area contributed by atoms with Crippen LogP contribution in [-0.2, 0) is 23.8 Å². The van der Waals surface area contributed by atoms with E-state index in [0.29, 0.717) is 19.4 Å². The van der Waals surface area contributed by atoms with Crippen molar-refractivity contribution in [2.24, 2.45) is 0 Å². The second-order valence-electron chi connectivity index (χ2n) is 7.27. The quantitative estimate of drug-likeness (QED) is 0.556. The van der Waals surface area contributed by atoms with Crippen molar-refractivity contribution in [3.8, 4) is 10.4 Å². The van der Waals surface area contributed by atoms with Gasteiger partial charge in [-0.1, -0.05) is 29.5 Å². The molecule has 0 radical (unpaired) electrons. The molecule has 1 aliphatic heterocycles. The van der Waals surface area contributed by atoms with Crippen molar-refractivity contribution in [3.63, 3.8) is 0 Å². The molecule has 0 aliphatic carbocycles. The highest BCUT2D eigenvalue weighted by atomic mass is 32.1. The molecule has 9 heteroatoms. The minimum absolute atomic E-state index is 0.00310. The number of rotatable bonds is 6. The van der Waals surface area contributed by atoms with Gasteiger partial charge in [0.05, 0.1) is 23.4 Å². The molecule has 2 aromatic carbocycles. The molecule has 5 N–H and O–H groups in total. The number of aromatic nitrogens is 1. The van der Waals surface area contributed by atoms with Crippen molar-refractivity contribution < 1.29 is 23.7 Å². The van der Waals surface area contributed by atoms with Gasteiger partial charge in [0.15, 0.2) is 5.13 Å². The average molecular weight is 433 g/mol. The molecule has 0 spiro atoms. The average Bonchev–Trinajstić information content (AvgIpc) is 3.31. The van der Waals surface area contributed by atoms with Gasteiger partial charge < -0.3 is 16.4 Å². The summed E-state index contributed by atoms with van der Waals surface area (Å²) >= 11 is 1.50. The second kappa shape index (κ2) is 8.08. The largest absolute Gasteiger partial charge is 0.416 e. The number of benzene rings is 2. The number of nitrogens with one attached hydrogen (secondary N) is 2. The van der Waals surface area contributed by atoms with Gasteiger partial charge in [0.1, 0.15) is 6.04 Å². The maximum Gasteiger partial charge on any atom is 0.416 e. The number of carbonyl (C=O) groups is 1. The summed E-state index contributed by atoms with van der Waals surface area (Å²) in [5.41, 5.74) is 7.09. The fourth-order valence-corrected chi connectivity index (χ4v) is 4.16. The van der Waals surface area contributed by atoms with Crippen molar-refractivity contribution in [2.45, 2.75) is 25.1 Å². The molecule has 1 atom stereocenters. The summed E-state index contributed by atoms with van der Waals surface area (Å²) in [5.74, 6) is 0.00310. The Morgan fingerprint density at radius 3 is 2.70 bits per heavy atom. The lowest BCUT2D eigenvalue weighted by molar-refractivity contribution is -0.414. The van der Waals surface area contributed by atoms with Crippen molar-refractivity contribution >= 4 is 28.1 Å². The van der Waals surface area contributed by atoms with Crippen LogP contribution in [0.25, 0.3) is 10.4 Å². The summed E-state index contributed by atoms with van der Waals surface area (Å²) in [4.78, 5) is 16.9.